The van der Waals surface area contributed by atoms with Crippen molar-refractivity contribution in [2.75, 3.05) is 24.2 Å². The molecule has 0 aromatic heterocycles. The lowest BCUT2D eigenvalue weighted by molar-refractivity contribution is -0.387. The van der Waals surface area contributed by atoms with Crippen LogP contribution < -0.4 is 4.90 Å². The predicted octanol–water partition coefficient (Wildman–Crippen LogP) is 3.40. The minimum atomic E-state index is -3.65. The molecule has 1 saturated heterocycles. The zero-order chi connectivity index (χ0) is 17.3. The molecule has 2 rings (SSSR count). The van der Waals surface area contributed by atoms with Crippen molar-refractivity contribution in [2.24, 2.45) is 5.41 Å². The van der Waals surface area contributed by atoms with Crippen LogP contribution in [0.15, 0.2) is 23.1 Å². The summed E-state index contributed by atoms with van der Waals surface area (Å²) >= 11 is 0. The molecule has 1 aliphatic heterocycles. The summed E-state index contributed by atoms with van der Waals surface area (Å²) in [6.45, 7) is 6.12. The molecule has 0 spiro atoms. The Morgan fingerprint density at radius 3 is 2.65 bits per heavy atom. The maximum atomic E-state index is 11.9. The fourth-order valence-electron chi connectivity index (χ4n) is 3.49. The average Bonchev–Trinajstić information content (AvgIpc) is 2.45. The van der Waals surface area contributed by atoms with Crippen LogP contribution in [0.4, 0.5) is 11.4 Å². The first kappa shape index (κ1) is 17.7. The van der Waals surface area contributed by atoms with Crippen molar-refractivity contribution >= 4 is 21.2 Å². The highest BCUT2D eigenvalue weighted by molar-refractivity contribution is 7.90. The molecule has 0 amide bonds. The molecule has 1 aromatic rings. The predicted molar refractivity (Wildman–Crippen MR) is 90.7 cm³/mol. The molecular formula is C16H24N2O4S. The molecule has 1 aromatic carbocycles. The Bertz CT molecular complexity index is 698. The second-order valence-electron chi connectivity index (χ2n) is 6.77. The third kappa shape index (κ3) is 4.02. The summed E-state index contributed by atoms with van der Waals surface area (Å²) < 4.78 is 23.8. The van der Waals surface area contributed by atoms with E-state index in [-0.39, 0.29) is 16.0 Å². The third-order valence-electron chi connectivity index (χ3n) is 4.54. The van der Waals surface area contributed by atoms with Crippen molar-refractivity contribution in [3.8, 4) is 0 Å². The molecule has 23 heavy (non-hydrogen) atoms. The van der Waals surface area contributed by atoms with E-state index in [4.69, 9.17) is 0 Å². The van der Waals surface area contributed by atoms with Gasteiger partial charge in [-0.1, -0.05) is 20.3 Å². The van der Waals surface area contributed by atoms with Crippen LogP contribution in [0.5, 0.6) is 0 Å². The van der Waals surface area contributed by atoms with Gasteiger partial charge in [-0.2, -0.15) is 0 Å². The third-order valence-corrected chi connectivity index (χ3v) is 5.67. The average molecular weight is 340 g/mol. The van der Waals surface area contributed by atoms with E-state index < -0.39 is 14.8 Å². The van der Waals surface area contributed by atoms with Crippen LogP contribution in [0.3, 0.4) is 0 Å². The minimum absolute atomic E-state index is 0.206. The zero-order valence-corrected chi connectivity index (χ0v) is 14.7. The van der Waals surface area contributed by atoms with Gasteiger partial charge in [0.1, 0.15) is 4.90 Å². The van der Waals surface area contributed by atoms with Gasteiger partial charge in [0.05, 0.1) is 4.92 Å². The van der Waals surface area contributed by atoms with E-state index in [9.17, 15) is 18.5 Å². The first-order chi connectivity index (χ1) is 10.7. The summed E-state index contributed by atoms with van der Waals surface area (Å²) in [6, 6.07) is 4.41. The van der Waals surface area contributed by atoms with Crippen molar-refractivity contribution in [2.45, 2.75) is 44.4 Å². The van der Waals surface area contributed by atoms with E-state index >= 15 is 0 Å². The lowest BCUT2D eigenvalue weighted by Crippen LogP contribution is -2.41. The molecule has 0 bridgehead atoms. The maximum absolute atomic E-state index is 11.9. The molecule has 1 aliphatic rings. The fourth-order valence-corrected chi connectivity index (χ4v) is 4.35. The first-order valence-corrected chi connectivity index (χ1v) is 9.79. The monoisotopic (exact) mass is 340 g/mol. The molecule has 0 saturated carbocycles. The van der Waals surface area contributed by atoms with Crippen molar-refractivity contribution < 1.29 is 13.3 Å². The lowest BCUT2D eigenvalue weighted by Gasteiger charge is -2.42. The van der Waals surface area contributed by atoms with E-state index in [1.165, 1.54) is 12.1 Å². The smallest absolute Gasteiger partial charge is 0.288 e. The van der Waals surface area contributed by atoms with Gasteiger partial charge in [0, 0.05) is 31.1 Å². The van der Waals surface area contributed by atoms with Crippen molar-refractivity contribution in [3.05, 3.63) is 28.3 Å². The summed E-state index contributed by atoms with van der Waals surface area (Å²) in [5, 5.41) is 11.1. The van der Waals surface area contributed by atoms with Crippen LogP contribution in [0.2, 0.25) is 0 Å². The Kier molecular flexibility index (Phi) is 4.98. The summed E-state index contributed by atoms with van der Waals surface area (Å²) in [5.74, 6) is 0. The number of benzene rings is 1. The van der Waals surface area contributed by atoms with Gasteiger partial charge in [-0.05, 0) is 36.8 Å². The largest absolute Gasteiger partial charge is 0.371 e. The highest BCUT2D eigenvalue weighted by Gasteiger charge is 2.31. The van der Waals surface area contributed by atoms with E-state index in [0.717, 1.165) is 50.7 Å². The molecule has 0 N–H and O–H groups in total. The lowest BCUT2D eigenvalue weighted by atomic mass is 9.78. The van der Waals surface area contributed by atoms with Gasteiger partial charge < -0.3 is 4.90 Å². The number of nitrogens with zero attached hydrogens (tertiary/aromatic N) is 2. The highest BCUT2D eigenvalue weighted by atomic mass is 32.2. The topological polar surface area (TPSA) is 80.5 Å². The fraction of sp³-hybridized carbons (Fsp3) is 0.625. The molecule has 1 heterocycles. The molecular weight excluding hydrogens is 316 g/mol. The van der Waals surface area contributed by atoms with Gasteiger partial charge in [-0.3, -0.25) is 10.1 Å². The number of sulfone groups is 1. The summed E-state index contributed by atoms with van der Waals surface area (Å²) in [7, 11) is -3.65. The minimum Gasteiger partial charge on any atom is -0.371 e. The zero-order valence-electron chi connectivity index (χ0n) is 13.9. The molecule has 1 atom stereocenters. The van der Waals surface area contributed by atoms with Crippen LogP contribution in [0.1, 0.15) is 39.5 Å². The molecule has 7 heteroatoms. The Morgan fingerprint density at radius 1 is 1.39 bits per heavy atom. The summed E-state index contributed by atoms with van der Waals surface area (Å²) in [4.78, 5) is 12.4. The molecule has 6 nitrogen and oxygen atoms in total. The number of hydrogen-bond acceptors (Lipinski definition) is 5. The Hall–Kier alpha value is -1.63. The van der Waals surface area contributed by atoms with Crippen LogP contribution in [-0.2, 0) is 9.84 Å². The SMILES string of the molecule is CCCC1(C)CCCN(c2ccc([N+](=O)[O-])c(S(C)(=O)=O)c2)C1. The van der Waals surface area contributed by atoms with Crippen molar-refractivity contribution in [1.82, 2.24) is 0 Å². The Morgan fingerprint density at radius 2 is 2.09 bits per heavy atom. The molecule has 0 radical (unpaired) electrons. The number of anilines is 1. The van der Waals surface area contributed by atoms with E-state index in [1.807, 2.05) is 0 Å². The van der Waals surface area contributed by atoms with Crippen LogP contribution in [-0.4, -0.2) is 32.7 Å². The summed E-state index contributed by atoms with van der Waals surface area (Å²) in [6.07, 6.45) is 5.44. The highest BCUT2D eigenvalue weighted by Crippen LogP contribution is 2.37. The molecule has 1 fully saturated rings. The standard InChI is InChI=1S/C16H24N2O4S/c1-4-8-16(2)9-5-10-17(12-16)13-6-7-14(18(19)20)15(11-13)23(3,21)22/h6-7,11H,4-5,8-10,12H2,1-3H3. The molecule has 128 valence electrons. The van der Waals surface area contributed by atoms with Gasteiger partial charge in [-0.25, -0.2) is 8.42 Å². The van der Waals surface area contributed by atoms with Crippen molar-refractivity contribution in [3.63, 3.8) is 0 Å². The van der Waals surface area contributed by atoms with Gasteiger partial charge in [-0.15, -0.1) is 0 Å². The second-order valence-corrected chi connectivity index (χ2v) is 8.75. The van der Waals surface area contributed by atoms with Gasteiger partial charge >= 0.3 is 0 Å². The quantitative estimate of drug-likeness (QED) is 0.606. The number of nitro groups is 1. The molecule has 1 unspecified atom stereocenters. The van der Waals surface area contributed by atoms with Gasteiger partial charge in [0.25, 0.3) is 5.69 Å². The second kappa shape index (κ2) is 6.47. The van der Waals surface area contributed by atoms with E-state index in [1.54, 1.807) is 6.07 Å². The van der Waals surface area contributed by atoms with Crippen LogP contribution >= 0.6 is 0 Å². The maximum Gasteiger partial charge on any atom is 0.288 e. The summed E-state index contributed by atoms with van der Waals surface area (Å²) in [5.41, 5.74) is 0.600. The Balaban J connectivity index is 2.39. The van der Waals surface area contributed by atoms with Gasteiger partial charge in [0.2, 0.25) is 0 Å². The van der Waals surface area contributed by atoms with Crippen LogP contribution in [0, 0.1) is 15.5 Å². The molecule has 0 aliphatic carbocycles. The van der Waals surface area contributed by atoms with Gasteiger partial charge in [0.15, 0.2) is 9.84 Å². The number of rotatable bonds is 5. The normalized spacial score (nSPS) is 22.1. The number of hydrogen-bond donors (Lipinski definition) is 0. The van der Waals surface area contributed by atoms with Crippen LogP contribution in [0.25, 0.3) is 0 Å². The van der Waals surface area contributed by atoms with E-state index in [0.29, 0.717) is 0 Å². The Labute approximate surface area is 137 Å². The first-order valence-electron chi connectivity index (χ1n) is 7.90. The number of piperidine rings is 1. The van der Waals surface area contributed by atoms with E-state index in [2.05, 4.69) is 18.7 Å². The number of nitro benzene ring substituents is 1. The van der Waals surface area contributed by atoms with Crippen molar-refractivity contribution in [1.29, 1.82) is 0 Å².